The number of phenolic OH excluding ortho intramolecular Hbond substituents is 1. The molecule has 1 aliphatic rings. The van der Waals surface area contributed by atoms with Gasteiger partial charge in [0.1, 0.15) is 17.1 Å². The van der Waals surface area contributed by atoms with Crippen LogP contribution < -0.4 is 10.1 Å². The van der Waals surface area contributed by atoms with Gasteiger partial charge < -0.3 is 20.3 Å². The quantitative estimate of drug-likeness (QED) is 0.762. The van der Waals surface area contributed by atoms with Crippen LogP contribution in [0.25, 0.3) is 0 Å². The van der Waals surface area contributed by atoms with Crippen molar-refractivity contribution in [2.75, 3.05) is 13.7 Å². The first-order valence-electron chi connectivity index (χ1n) is 5.88. The molecule has 3 N–H and O–H groups in total. The largest absolute Gasteiger partial charge is 0.507 e. The van der Waals surface area contributed by atoms with Gasteiger partial charge in [-0.2, -0.15) is 0 Å². The van der Waals surface area contributed by atoms with Crippen LogP contribution in [-0.2, 0) is 5.54 Å². The van der Waals surface area contributed by atoms with Crippen molar-refractivity contribution in [2.45, 2.75) is 25.3 Å². The number of ether oxygens (including phenoxy) is 1. The summed E-state index contributed by atoms with van der Waals surface area (Å²) in [4.78, 5) is 11.2. The van der Waals surface area contributed by atoms with E-state index in [1.54, 1.807) is 0 Å². The third kappa shape index (κ3) is 2.01. The molecule has 0 spiro atoms. The molecule has 1 unspecified atom stereocenters. The summed E-state index contributed by atoms with van der Waals surface area (Å²) in [5.74, 6) is -0.825. The van der Waals surface area contributed by atoms with Gasteiger partial charge in [0, 0.05) is 17.2 Å². The van der Waals surface area contributed by atoms with E-state index in [-0.39, 0.29) is 22.6 Å². The first-order valence-corrected chi connectivity index (χ1v) is 5.88. The highest BCUT2D eigenvalue weighted by Gasteiger charge is 2.33. The van der Waals surface area contributed by atoms with E-state index in [1.165, 1.54) is 19.2 Å². The van der Waals surface area contributed by atoms with Gasteiger partial charge in [-0.15, -0.1) is 0 Å². The summed E-state index contributed by atoms with van der Waals surface area (Å²) in [5.41, 5.74) is 0.305. The predicted octanol–water partition coefficient (Wildman–Crippen LogP) is 1.70. The molecule has 0 aromatic heterocycles. The molecule has 0 radical (unpaired) electrons. The van der Waals surface area contributed by atoms with Crippen molar-refractivity contribution in [3.8, 4) is 11.5 Å². The molecule has 1 aromatic carbocycles. The number of benzene rings is 1. The zero-order valence-corrected chi connectivity index (χ0v) is 10.5. The van der Waals surface area contributed by atoms with Crippen LogP contribution >= 0.6 is 0 Å². The maximum Gasteiger partial charge on any atom is 0.339 e. The Kier molecular flexibility index (Phi) is 3.17. The molecule has 1 fully saturated rings. The molecule has 1 heterocycles. The zero-order chi connectivity index (χ0) is 13.3. The second-order valence-corrected chi connectivity index (χ2v) is 4.74. The smallest absolute Gasteiger partial charge is 0.339 e. The number of carbonyl (C=O) groups is 1. The molecule has 5 heteroatoms. The van der Waals surface area contributed by atoms with Crippen LogP contribution in [0.1, 0.15) is 35.7 Å². The zero-order valence-electron chi connectivity index (χ0n) is 10.5. The molecule has 5 nitrogen and oxygen atoms in total. The van der Waals surface area contributed by atoms with Crippen molar-refractivity contribution in [3.05, 3.63) is 23.3 Å². The fourth-order valence-electron chi connectivity index (χ4n) is 2.47. The average molecular weight is 251 g/mol. The lowest BCUT2D eigenvalue weighted by Crippen LogP contribution is -2.33. The molecule has 98 valence electrons. The topological polar surface area (TPSA) is 78.8 Å². The van der Waals surface area contributed by atoms with E-state index in [4.69, 9.17) is 9.84 Å². The van der Waals surface area contributed by atoms with Crippen LogP contribution in [0, 0.1) is 0 Å². The van der Waals surface area contributed by atoms with Crippen molar-refractivity contribution < 1.29 is 19.7 Å². The van der Waals surface area contributed by atoms with Gasteiger partial charge >= 0.3 is 5.97 Å². The number of aromatic carboxylic acids is 1. The maximum atomic E-state index is 11.2. The number of nitrogens with one attached hydrogen (secondary N) is 1. The molecule has 1 aliphatic heterocycles. The molecule has 2 rings (SSSR count). The van der Waals surface area contributed by atoms with Crippen molar-refractivity contribution in [1.29, 1.82) is 0 Å². The van der Waals surface area contributed by atoms with E-state index in [2.05, 4.69) is 5.32 Å². The lowest BCUT2D eigenvalue weighted by Gasteiger charge is -2.26. The normalized spacial score (nSPS) is 23.0. The molecular weight excluding hydrogens is 234 g/mol. The van der Waals surface area contributed by atoms with Crippen molar-refractivity contribution in [3.63, 3.8) is 0 Å². The molecule has 1 saturated heterocycles. The van der Waals surface area contributed by atoms with E-state index in [0.29, 0.717) is 5.56 Å². The second-order valence-electron chi connectivity index (χ2n) is 4.74. The lowest BCUT2D eigenvalue weighted by atomic mass is 9.88. The summed E-state index contributed by atoms with van der Waals surface area (Å²) in [6.45, 7) is 2.83. The molecule has 1 aromatic rings. The van der Waals surface area contributed by atoms with Crippen molar-refractivity contribution >= 4 is 5.97 Å². The average Bonchev–Trinajstić information content (AvgIpc) is 2.76. The Bertz CT molecular complexity index is 478. The number of rotatable bonds is 3. The predicted molar refractivity (Wildman–Crippen MR) is 66.2 cm³/mol. The van der Waals surface area contributed by atoms with Crippen LogP contribution in [0.4, 0.5) is 0 Å². The Hall–Kier alpha value is -1.75. The van der Waals surface area contributed by atoms with Gasteiger partial charge in [0.15, 0.2) is 0 Å². The number of carboxylic acids is 1. The first-order chi connectivity index (χ1) is 8.48. The fourth-order valence-corrected chi connectivity index (χ4v) is 2.47. The van der Waals surface area contributed by atoms with Crippen LogP contribution in [0.15, 0.2) is 12.1 Å². The summed E-state index contributed by atoms with van der Waals surface area (Å²) in [5, 5.41) is 22.5. The van der Waals surface area contributed by atoms with Crippen molar-refractivity contribution in [1.82, 2.24) is 5.32 Å². The van der Waals surface area contributed by atoms with Crippen LogP contribution in [-0.4, -0.2) is 29.8 Å². The number of phenols is 1. The highest BCUT2D eigenvalue weighted by atomic mass is 16.5. The third-order valence-electron chi connectivity index (χ3n) is 3.51. The standard InChI is InChI=1S/C13H17NO4/c1-13(4-3-5-14-13)9-6-8(12(16)17)11(18-2)7-10(9)15/h6-7,14-15H,3-5H2,1-2H3,(H,16,17). The molecule has 0 bridgehead atoms. The second kappa shape index (κ2) is 4.49. The summed E-state index contributed by atoms with van der Waals surface area (Å²) in [7, 11) is 1.39. The van der Waals surface area contributed by atoms with Gasteiger partial charge in [-0.3, -0.25) is 0 Å². The Morgan fingerprint density at radius 1 is 1.50 bits per heavy atom. The highest BCUT2D eigenvalue weighted by Crippen LogP contribution is 2.39. The van der Waals surface area contributed by atoms with Gasteiger partial charge in [-0.05, 0) is 32.4 Å². The molecule has 0 amide bonds. The first kappa shape index (κ1) is 12.7. The summed E-state index contributed by atoms with van der Waals surface area (Å²) in [6, 6.07) is 2.86. The van der Waals surface area contributed by atoms with Crippen LogP contribution in [0.5, 0.6) is 11.5 Å². The minimum Gasteiger partial charge on any atom is -0.507 e. The Labute approximate surface area is 105 Å². The van der Waals surface area contributed by atoms with Crippen LogP contribution in [0.2, 0.25) is 0 Å². The summed E-state index contributed by atoms with van der Waals surface area (Å²) in [6.07, 6.45) is 1.87. The van der Waals surface area contributed by atoms with E-state index in [9.17, 15) is 9.90 Å². The lowest BCUT2D eigenvalue weighted by molar-refractivity contribution is 0.0693. The fraction of sp³-hybridized carbons (Fsp3) is 0.462. The van der Waals surface area contributed by atoms with E-state index in [0.717, 1.165) is 19.4 Å². The third-order valence-corrected chi connectivity index (χ3v) is 3.51. The van der Waals surface area contributed by atoms with Gasteiger partial charge in [-0.25, -0.2) is 4.79 Å². The van der Waals surface area contributed by atoms with Gasteiger partial charge in [0.05, 0.1) is 7.11 Å². The molecule has 1 atom stereocenters. The number of hydrogen-bond acceptors (Lipinski definition) is 4. The van der Waals surface area contributed by atoms with Crippen LogP contribution in [0.3, 0.4) is 0 Å². The number of hydrogen-bond donors (Lipinski definition) is 3. The monoisotopic (exact) mass is 251 g/mol. The van der Waals surface area contributed by atoms with E-state index < -0.39 is 5.97 Å². The Morgan fingerprint density at radius 3 is 2.72 bits per heavy atom. The minimum absolute atomic E-state index is 0.0637. The van der Waals surface area contributed by atoms with E-state index >= 15 is 0 Å². The SMILES string of the molecule is COc1cc(O)c(C2(C)CCCN2)cc1C(=O)O. The van der Waals surface area contributed by atoms with Gasteiger partial charge in [0.2, 0.25) is 0 Å². The van der Waals surface area contributed by atoms with Gasteiger partial charge in [-0.1, -0.05) is 0 Å². The summed E-state index contributed by atoms with van der Waals surface area (Å²) >= 11 is 0. The number of aromatic hydroxyl groups is 1. The van der Waals surface area contributed by atoms with Crippen molar-refractivity contribution in [2.24, 2.45) is 0 Å². The summed E-state index contributed by atoms with van der Waals surface area (Å²) < 4.78 is 4.98. The molecule has 0 aliphatic carbocycles. The number of methoxy groups -OCH3 is 1. The number of carboxylic acid groups (broad SMARTS) is 1. The molecule has 18 heavy (non-hydrogen) atoms. The van der Waals surface area contributed by atoms with Gasteiger partial charge in [0.25, 0.3) is 0 Å². The maximum absolute atomic E-state index is 11.2. The highest BCUT2D eigenvalue weighted by molar-refractivity contribution is 5.91. The van der Waals surface area contributed by atoms with E-state index in [1.807, 2.05) is 6.92 Å². The Morgan fingerprint density at radius 2 is 2.22 bits per heavy atom. The molecular formula is C13H17NO4. The molecule has 0 saturated carbocycles. The minimum atomic E-state index is -1.06. The Balaban J connectivity index is 2.54.